The molecule has 0 bridgehead atoms. The molecule has 0 spiro atoms. The van der Waals surface area contributed by atoms with Gasteiger partial charge in [0.2, 0.25) is 0 Å². The van der Waals surface area contributed by atoms with Gasteiger partial charge in [0.25, 0.3) is 6.29 Å². The summed E-state index contributed by atoms with van der Waals surface area (Å²) in [6.45, 7) is 4.28. The van der Waals surface area contributed by atoms with E-state index in [4.69, 9.17) is 9.47 Å². The number of halogens is 1. The third-order valence-corrected chi connectivity index (χ3v) is 2.46. The Morgan fingerprint density at radius 1 is 1.25 bits per heavy atom. The second kappa shape index (κ2) is 7.43. The van der Waals surface area contributed by atoms with Crippen molar-refractivity contribution in [2.45, 2.75) is 33.5 Å². The van der Waals surface area contributed by atoms with Crippen molar-refractivity contribution in [3.05, 3.63) is 41.2 Å². The molecule has 0 fully saturated rings. The van der Waals surface area contributed by atoms with Crippen LogP contribution in [0.15, 0.2) is 29.8 Å². The zero-order valence-electron chi connectivity index (χ0n) is 11.7. The van der Waals surface area contributed by atoms with Gasteiger partial charge in [-0.1, -0.05) is 19.1 Å². The van der Waals surface area contributed by atoms with Crippen molar-refractivity contribution in [1.82, 2.24) is 0 Å². The summed E-state index contributed by atoms with van der Waals surface area (Å²) in [6.07, 6.45) is 1.04. The van der Waals surface area contributed by atoms with E-state index in [1.54, 1.807) is 18.2 Å². The summed E-state index contributed by atoms with van der Waals surface area (Å²) < 4.78 is 23.1. The molecule has 1 aromatic rings. The van der Waals surface area contributed by atoms with Gasteiger partial charge in [-0.25, -0.2) is 4.39 Å². The largest absolute Gasteiger partial charge is 0.421 e. The molecule has 20 heavy (non-hydrogen) atoms. The summed E-state index contributed by atoms with van der Waals surface area (Å²) in [5, 5.41) is 0. The fraction of sp³-hybridized carbons (Fsp3) is 0.333. The highest BCUT2D eigenvalue weighted by Gasteiger charge is 2.19. The maximum absolute atomic E-state index is 13.1. The van der Waals surface area contributed by atoms with Crippen molar-refractivity contribution in [2.75, 3.05) is 0 Å². The minimum absolute atomic E-state index is 0.370. The monoisotopic (exact) mass is 280 g/mol. The van der Waals surface area contributed by atoms with Gasteiger partial charge in [-0.2, -0.15) is 0 Å². The summed E-state index contributed by atoms with van der Waals surface area (Å²) in [4.78, 5) is 22.1. The Kier molecular flexibility index (Phi) is 5.90. The normalized spacial score (nSPS) is 11.3. The first kappa shape index (κ1) is 15.9. The summed E-state index contributed by atoms with van der Waals surface area (Å²) in [7, 11) is 0. The molecular formula is C15H17FO4. The molecule has 108 valence electrons. The molecule has 0 aromatic heterocycles. The van der Waals surface area contributed by atoms with Crippen molar-refractivity contribution >= 4 is 18.0 Å². The van der Waals surface area contributed by atoms with Gasteiger partial charge in [-0.3, -0.25) is 9.59 Å². The van der Waals surface area contributed by atoms with E-state index in [9.17, 15) is 14.0 Å². The van der Waals surface area contributed by atoms with E-state index in [1.807, 2.05) is 6.92 Å². The number of hydrogen-bond acceptors (Lipinski definition) is 4. The second-order valence-corrected chi connectivity index (χ2v) is 4.18. The number of carbonyl (C=O) groups excluding carboxylic acids is 2. The third kappa shape index (κ3) is 5.22. The SMILES string of the molecule is CCC(=Cc1cccc(F)c1)C(OC(C)=O)OC(C)=O. The first-order chi connectivity index (χ1) is 9.42. The summed E-state index contributed by atoms with van der Waals surface area (Å²) >= 11 is 0. The highest BCUT2D eigenvalue weighted by Crippen LogP contribution is 2.18. The van der Waals surface area contributed by atoms with Gasteiger partial charge in [0.05, 0.1) is 0 Å². The van der Waals surface area contributed by atoms with Gasteiger partial charge in [0, 0.05) is 19.4 Å². The van der Waals surface area contributed by atoms with Gasteiger partial charge in [0.1, 0.15) is 5.82 Å². The van der Waals surface area contributed by atoms with Crippen molar-refractivity contribution in [3.8, 4) is 0 Å². The number of esters is 2. The molecule has 4 nitrogen and oxygen atoms in total. The molecule has 0 saturated heterocycles. The molecule has 5 heteroatoms. The fourth-order valence-electron chi connectivity index (χ4n) is 1.62. The zero-order valence-corrected chi connectivity index (χ0v) is 11.7. The predicted octanol–water partition coefficient (Wildman–Crippen LogP) is 3.07. The maximum Gasteiger partial charge on any atom is 0.305 e. The molecule has 0 saturated carbocycles. The third-order valence-electron chi connectivity index (χ3n) is 2.46. The van der Waals surface area contributed by atoms with Crippen LogP contribution < -0.4 is 0 Å². The van der Waals surface area contributed by atoms with Crippen LogP contribution in [0.25, 0.3) is 6.08 Å². The highest BCUT2D eigenvalue weighted by atomic mass is 19.1. The van der Waals surface area contributed by atoms with Crippen LogP contribution in [0.2, 0.25) is 0 Å². The lowest BCUT2D eigenvalue weighted by molar-refractivity contribution is -0.178. The Morgan fingerprint density at radius 2 is 1.85 bits per heavy atom. The molecule has 0 unspecified atom stereocenters. The van der Waals surface area contributed by atoms with Crippen LogP contribution in [0, 0.1) is 5.82 Å². The molecule has 0 amide bonds. The lowest BCUT2D eigenvalue weighted by Gasteiger charge is -2.19. The number of benzene rings is 1. The van der Waals surface area contributed by atoms with Crippen LogP contribution in [-0.2, 0) is 19.1 Å². The zero-order chi connectivity index (χ0) is 15.1. The lowest BCUT2D eigenvalue weighted by Crippen LogP contribution is -2.24. The minimum Gasteiger partial charge on any atom is -0.421 e. The average molecular weight is 280 g/mol. The van der Waals surface area contributed by atoms with E-state index in [2.05, 4.69) is 0 Å². The van der Waals surface area contributed by atoms with E-state index in [-0.39, 0.29) is 5.82 Å². The molecule has 0 radical (unpaired) electrons. The van der Waals surface area contributed by atoms with Crippen LogP contribution in [-0.4, -0.2) is 18.2 Å². The average Bonchev–Trinajstić information content (AvgIpc) is 2.34. The maximum atomic E-state index is 13.1. The summed E-state index contributed by atoms with van der Waals surface area (Å²) in [5.41, 5.74) is 1.17. The predicted molar refractivity (Wildman–Crippen MR) is 72.0 cm³/mol. The van der Waals surface area contributed by atoms with E-state index < -0.39 is 18.2 Å². The molecule has 0 aliphatic carbocycles. The minimum atomic E-state index is -1.08. The molecular weight excluding hydrogens is 263 g/mol. The van der Waals surface area contributed by atoms with Crippen LogP contribution >= 0.6 is 0 Å². The Labute approximate surface area is 117 Å². The van der Waals surface area contributed by atoms with Gasteiger partial charge >= 0.3 is 11.9 Å². The first-order valence-electron chi connectivity index (χ1n) is 6.22. The molecule has 0 N–H and O–H groups in total. The molecule has 0 heterocycles. The van der Waals surface area contributed by atoms with Crippen molar-refractivity contribution < 1.29 is 23.5 Å². The Balaban J connectivity index is 3.04. The fourth-order valence-corrected chi connectivity index (χ4v) is 1.62. The lowest BCUT2D eigenvalue weighted by atomic mass is 10.1. The standard InChI is InChI=1S/C15H17FO4/c1-4-13(8-12-6-5-7-14(16)9-12)15(19-10(2)17)20-11(3)18/h5-9,15H,4H2,1-3H3. The second-order valence-electron chi connectivity index (χ2n) is 4.18. The van der Waals surface area contributed by atoms with Crippen LogP contribution in [0.1, 0.15) is 32.8 Å². The van der Waals surface area contributed by atoms with E-state index >= 15 is 0 Å². The Morgan fingerprint density at radius 3 is 2.30 bits per heavy atom. The van der Waals surface area contributed by atoms with Gasteiger partial charge in [-0.05, 0) is 30.2 Å². The quantitative estimate of drug-likeness (QED) is 0.614. The number of rotatable bonds is 5. The summed E-state index contributed by atoms with van der Waals surface area (Å²) in [6, 6.07) is 5.95. The van der Waals surface area contributed by atoms with Crippen LogP contribution in [0.3, 0.4) is 0 Å². The van der Waals surface area contributed by atoms with Gasteiger partial charge in [-0.15, -0.1) is 0 Å². The van der Waals surface area contributed by atoms with Crippen LogP contribution in [0.4, 0.5) is 4.39 Å². The molecule has 0 aliphatic rings. The van der Waals surface area contributed by atoms with Gasteiger partial charge < -0.3 is 9.47 Å². The molecule has 1 aromatic carbocycles. The first-order valence-corrected chi connectivity index (χ1v) is 6.22. The van der Waals surface area contributed by atoms with Crippen molar-refractivity contribution in [2.24, 2.45) is 0 Å². The van der Waals surface area contributed by atoms with E-state index in [0.717, 1.165) is 0 Å². The van der Waals surface area contributed by atoms with Crippen molar-refractivity contribution in [1.29, 1.82) is 0 Å². The van der Waals surface area contributed by atoms with Gasteiger partial charge in [0.15, 0.2) is 0 Å². The number of ether oxygens (including phenoxy) is 2. The highest BCUT2D eigenvalue weighted by molar-refractivity contribution is 5.69. The number of carbonyl (C=O) groups is 2. The molecule has 0 aliphatic heterocycles. The summed E-state index contributed by atoms with van der Waals surface area (Å²) in [5.74, 6) is -1.49. The van der Waals surface area contributed by atoms with E-state index in [1.165, 1.54) is 26.0 Å². The number of hydrogen-bond donors (Lipinski definition) is 0. The Hall–Kier alpha value is -2.17. The topological polar surface area (TPSA) is 52.6 Å². The smallest absolute Gasteiger partial charge is 0.305 e. The molecule has 0 atom stereocenters. The van der Waals surface area contributed by atoms with Crippen LogP contribution in [0.5, 0.6) is 0 Å². The Bertz CT molecular complexity index is 506. The van der Waals surface area contributed by atoms with E-state index in [0.29, 0.717) is 17.6 Å². The van der Waals surface area contributed by atoms with Crippen molar-refractivity contribution in [3.63, 3.8) is 0 Å². The molecule has 1 rings (SSSR count).